The van der Waals surface area contributed by atoms with Crippen LogP contribution in [0.4, 0.5) is 4.79 Å². The number of carbonyl (C=O) groups is 1. The van der Waals surface area contributed by atoms with Gasteiger partial charge in [0.1, 0.15) is 5.75 Å². The van der Waals surface area contributed by atoms with Gasteiger partial charge in [-0.25, -0.2) is 4.79 Å². The van der Waals surface area contributed by atoms with Gasteiger partial charge in [0.25, 0.3) is 0 Å². The highest BCUT2D eigenvalue weighted by atomic mass is 16.5. The lowest BCUT2D eigenvalue weighted by Gasteiger charge is -2.49. The number of likely N-dealkylation sites (N-methyl/N-ethyl adjacent to an activating group) is 1. The number of likely N-dealkylation sites (tertiary alicyclic amines) is 1. The van der Waals surface area contributed by atoms with Gasteiger partial charge < -0.3 is 24.6 Å². The highest BCUT2D eigenvalue weighted by molar-refractivity contribution is 5.88. The number of nitrogens with zero attached hydrogens (tertiary/aromatic N) is 3. The normalized spacial score (nSPS) is 21.3. The Bertz CT molecular complexity index is 944. The van der Waals surface area contributed by atoms with E-state index in [1.54, 1.807) is 7.11 Å². The summed E-state index contributed by atoms with van der Waals surface area (Å²) in [5, 5.41) is 14.5. The van der Waals surface area contributed by atoms with E-state index in [4.69, 9.17) is 4.74 Å². The van der Waals surface area contributed by atoms with Crippen LogP contribution in [0.15, 0.2) is 18.2 Å². The summed E-state index contributed by atoms with van der Waals surface area (Å²) in [5.74, 6) is 0.837. The van der Waals surface area contributed by atoms with Gasteiger partial charge in [0.15, 0.2) is 0 Å². The summed E-state index contributed by atoms with van der Waals surface area (Å²) >= 11 is 0. The third kappa shape index (κ3) is 3.24. The van der Waals surface area contributed by atoms with Gasteiger partial charge in [-0.1, -0.05) is 0 Å². The van der Waals surface area contributed by atoms with E-state index in [1.165, 1.54) is 16.6 Å². The number of benzene rings is 1. The minimum atomic E-state index is -0.0312. The molecule has 2 aliphatic rings. The van der Waals surface area contributed by atoms with Crippen molar-refractivity contribution < 1.29 is 14.6 Å². The molecule has 164 valence electrons. The summed E-state index contributed by atoms with van der Waals surface area (Å²) in [4.78, 5) is 16.8. The minimum Gasteiger partial charge on any atom is -0.497 e. The number of rotatable bonds is 3. The molecule has 30 heavy (non-hydrogen) atoms. The van der Waals surface area contributed by atoms with E-state index in [0.717, 1.165) is 43.7 Å². The summed E-state index contributed by atoms with van der Waals surface area (Å²) in [6, 6.07) is 6.40. The van der Waals surface area contributed by atoms with Crippen LogP contribution in [0.5, 0.6) is 5.75 Å². The van der Waals surface area contributed by atoms with Gasteiger partial charge in [0.2, 0.25) is 0 Å². The Kier molecular flexibility index (Phi) is 5.45. The van der Waals surface area contributed by atoms with E-state index in [-0.39, 0.29) is 30.1 Å². The van der Waals surface area contributed by atoms with E-state index in [9.17, 15) is 9.90 Å². The molecule has 2 aromatic rings. The van der Waals surface area contributed by atoms with E-state index >= 15 is 0 Å². The average molecular weight is 415 g/mol. The highest BCUT2D eigenvalue weighted by Crippen LogP contribution is 2.49. The first-order chi connectivity index (χ1) is 14.3. The van der Waals surface area contributed by atoms with Crippen LogP contribution in [0.1, 0.15) is 44.0 Å². The Labute approximate surface area is 178 Å². The zero-order chi connectivity index (χ0) is 21.6. The Morgan fingerprint density at radius 3 is 2.60 bits per heavy atom. The second-order valence-corrected chi connectivity index (χ2v) is 9.19. The molecule has 1 fully saturated rings. The standard InChI is InChI=1S/C23H34N4O3/c1-15(2)24-22(29)27-10-8-23(9-11-27)14-25(3)19(13-28)21-20(23)17-7-6-16(30-5)12-18(17)26(21)4/h6-7,12,15,19,28H,8-11,13-14H2,1-5H3,(H,24,29)/t19-/m0/s1. The molecular weight excluding hydrogens is 380 g/mol. The smallest absolute Gasteiger partial charge is 0.317 e. The number of aromatic nitrogens is 1. The van der Waals surface area contributed by atoms with Gasteiger partial charge in [-0.15, -0.1) is 0 Å². The summed E-state index contributed by atoms with van der Waals surface area (Å²) in [7, 11) is 5.87. The molecule has 1 aromatic carbocycles. The SMILES string of the molecule is COc1ccc2c3c(n(C)c2c1)[C@H](CO)N(C)CC31CCN(C(=O)NC(C)C)CC1. The predicted octanol–water partition coefficient (Wildman–Crippen LogP) is 2.62. The molecule has 0 bridgehead atoms. The van der Waals surface area contributed by atoms with Crippen LogP contribution < -0.4 is 10.1 Å². The average Bonchev–Trinajstić information content (AvgIpc) is 3.01. The number of hydrogen-bond acceptors (Lipinski definition) is 4. The quantitative estimate of drug-likeness (QED) is 0.810. The number of carbonyl (C=O) groups excluding carboxylic acids is 1. The Hall–Kier alpha value is -2.25. The number of nitrogens with one attached hydrogen (secondary N) is 1. The molecule has 1 aromatic heterocycles. The molecule has 0 unspecified atom stereocenters. The molecule has 7 heteroatoms. The maximum absolute atomic E-state index is 12.5. The Morgan fingerprint density at radius 2 is 2.00 bits per heavy atom. The van der Waals surface area contributed by atoms with E-state index in [1.807, 2.05) is 24.8 Å². The number of hydrogen-bond donors (Lipinski definition) is 2. The molecule has 1 spiro atoms. The fraction of sp³-hybridized carbons (Fsp3) is 0.609. The summed E-state index contributed by atoms with van der Waals surface area (Å²) in [6.07, 6.45) is 1.83. The van der Waals surface area contributed by atoms with Crippen molar-refractivity contribution >= 4 is 16.9 Å². The Balaban J connectivity index is 1.77. The monoisotopic (exact) mass is 414 g/mol. The fourth-order valence-electron chi connectivity index (χ4n) is 5.50. The van der Waals surface area contributed by atoms with Crippen molar-refractivity contribution in [2.75, 3.05) is 40.4 Å². The topological polar surface area (TPSA) is 70.0 Å². The third-order valence-electron chi connectivity index (χ3n) is 6.98. The fourth-order valence-corrected chi connectivity index (χ4v) is 5.50. The first-order valence-corrected chi connectivity index (χ1v) is 10.8. The molecule has 0 radical (unpaired) electrons. The molecule has 0 aliphatic carbocycles. The van der Waals surface area contributed by atoms with Crippen molar-refractivity contribution in [3.05, 3.63) is 29.5 Å². The number of amides is 2. The highest BCUT2D eigenvalue weighted by Gasteiger charge is 2.47. The van der Waals surface area contributed by atoms with E-state index < -0.39 is 0 Å². The molecule has 2 amide bonds. The van der Waals surface area contributed by atoms with Crippen molar-refractivity contribution in [2.24, 2.45) is 7.05 Å². The van der Waals surface area contributed by atoms with Crippen LogP contribution in [-0.2, 0) is 12.5 Å². The third-order valence-corrected chi connectivity index (χ3v) is 6.98. The van der Waals surface area contributed by atoms with Gasteiger partial charge in [0.05, 0.1) is 25.3 Å². The molecule has 2 aliphatic heterocycles. The number of ether oxygens (including phenoxy) is 1. The zero-order valence-corrected chi connectivity index (χ0v) is 18.7. The maximum atomic E-state index is 12.5. The molecule has 0 saturated carbocycles. The second-order valence-electron chi connectivity index (χ2n) is 9.19. The molecule has 3 heterocycles. The lowest BCUT2D eigenvalue weighted by atomic mass is 9.68. The van der Waals surface area contributed by atoms with Crippen molar-refractivity contribution in [3.63, 3.8) is 0 Å². The minimum absolute atomic E-state index is 0.0279. The molecule has 1 saturated heterocycles. The van der Waals surface area contributed by atoms with Crippen LogP contribution in [0.2, 0.25) is 0 Å². The maximum Gasteiger partial charge on any atom is 0.317 e. The molecule has 1 atom stereocenters. The number of aliphatic hydroxyl groups excluding tert-OH is 1. The van der Waals surface area contributed by atoms with Gasteiger partial charge >= 0.3 is 6.03 Å². The molecular formula is C23H34N4O3. The van der Waals surface area contributed by atoms with Crippen LogP contribution in [0.25, 0.3) is 10.9 Å². The first-order valence-electron chi connectivity index (χ1n) is 10.8. The number of urea groups is 1. The summed E-state index contributed by atoms with van der Waals surface area (Å²) in [6.45, 7) is 6.43. The lowest BCUT2D eigenvalue weighted by Crippen LogP contribution is -2.55. The summed E-state index contributed by atoms with van der Waals surface area (Å²) in [5.41, 5.74) is 3.64. The molecule has 2 N–H and O–H groups in total. The van der Waals surface area contributed by atoms with Gasteiger partial charge in [-0.2, -0.15) is 0 Å². The van der Waals surface area contributed by atoms with Crippen molar-refractivity contribution in [1.29, 1.82) is 0 Å². The molecule has 4 rings (SSSR count). The van der Waals surface area contributed by atoms with Crippen molar-refractivity contribution in [2.45, 2.75) is 44.2 Å². The van der Waals surface area contributed by atoms with Gasteiger partial charge in [-0.05, 0) is 51.4 Å². The molecule has 7 nitrogen and oxygen atoms in total. The van der Waals surface area contributed by atoms with Crippen LogP contribution in [-0.4, -0.2) is 71.9 Å². The number of aryl methyl sites for hydroxylation is 1. The van der Waals surface area contributed by atoms with E-state index in [0.29, 0.717) is 0 Å². The lowest BCUT2D eigenvalue weighted by molar-refractivity contribution is 0.0702. The zero-order valence-electron chi connectivity index (χ0n) is 18.7. The second kappa shape index (κ2) is 7.78. The van der Waals surface area contributed by atoms with Crippen LogP contribution in [0, 0.1) is 0 Å². The van der Waals surface area contributed by atoms with Gasteiger partial charge in [-0.3, -0.25) is 4.90 Å². The predicted molar refractivity (Wildman–Crippen MR) is 118 cm³/mol. The number of piperidine rings is 1. The Morgan fingerprint density at radius 1 is 1.30 bits per heavy atom. The largest absolute Gasteiger partial charge is 0.497 e. The number of methoxy groups -OCH3 is 1. The number of fused-ring (bicyclic) bond motifs is 4. The van der Waals surface area contributed by atoms with Crippen molar-refractivity contribution in [3.8, 4) is 5.75 Å². The number of aliphatic hydroxyl groups is 1. The summed E-state index contributed by atoms with van der Waals surface area (Å²) < 4.78 is 7.69. The van der Waals surface area contributed by atoms with E-state index in [2.05, 4.69) is 41.0 Å². The van der Waals surface area contributed by atoms with Gasteiger partial charge in [0, 0.05) is 55.3 Å². The van der Waals surface area contributed by atoms with Crippen LogP contribution in [0.3, 0.4) is 0 Å². The van der Waals surface area contributed by atoms with Crippen LogP contribution >= 0.6 is 0 Å². The first kappa shape index (κ1) is 21.0. The van der Waals surface area contributed by atoms with Crippen molar-refractivity contribution in [1.82, 2.24) is 19.7 Å².